The van der Waals surface area contributed by atoms with Crippen LogP contribution in [-0.2, 0) is 9.59 Å². The molecule has 6 heteroatoms. The number of rotatable bonds is 3. The Morgan fingerprint density at radius 2 is 1.78 bits per heavy atom. The van der Waals surface area contributed by atoms with Crippen molar-refractivity contribution in [3.63, 3.8) is 0 Å². The summed E-state index contributed by atoms with van der Waals surface area (Å²) in [6.07, 6.45) is 0.238. The first-order valence-electron chi connectivity index (χ1n) is 9.32. The van der Waals surface area contributed by atoms with Crippen molar-refractivity contribution in [2.75, 3.05) is 36.0 Å². The minimum atomic E-state index is -0.346. The molecule has 2 fully saturated rings. The van der Waals surface area contributed by atoms with Gasteiger partial charge in [-0.3, -0.25) is 9.59 Å². The highest BCUT2D eigenvalue weighted by Gasteiger charge is 2.46. The van der Waals surface area contributed by atoms with Crippen LogP contribution in [0.4, 0.5) is 15.8 Å². The van der Waals surface area contributed by atoms with E-state index in [-0.39, 0.29) is 30.1 Å². The molecule has 2 aromatic rings. The molecule has 0 aromatic heterocycles. The van der Waals surface area contributed by atoms with Crippen molar-refractivity contribution in [2.45, 2.75) is 19.4 Å². The smallest absolute Gasteiger partial charge is 0.292 e. The highest BCUT2D eigenvalue weighted by Crippen LogP contribution is 2.23. The Bertz CT molecular complexity index is 877. The maximum atomic E-state index is 14.0. The fourth-order valence-corrected chi connectivity index (χ4v) is 4.08. The lowest BCUT2D eigenvalue weighted by Crippen LogP contribution is -3.19. The molecule has 0 spiro atoms. The van der Waals surface area contributed by atoms with Gasteiger partial charge in [-0.1, -0.05) is 24.3 Å². The molecule has 4 rings (SSSR count). The molecular weight excluding hydrogens is 345 g/mol. The summed E-state index contributed by atoms with van der Waals surface area (Å²) in [6, 6.07) is 13.9. The normalized spacial score (nSPS) is 21.2. The van der Waals surface area contributed by atoms with Gasteiger partial charge in [0.05, 0.1) is 44.0 Å². The fourth-order valence-electron chi connectivity index (χ4n) is 4.08. The van der Waals surface area contributed by atoms with Crippen LogP contribution in [0.15, 0.2) is 48.5 Å². The van der Waals surface area contributed by atoms with Crippen molar-refractivity contribution in [2.24, 2.45) is 0 Å². The maximum Gasteiger partial charge on any atom is 0.292 e. The second kappa shape index (κ2) is 7.12. The number of quaternary nitrogens is 1. The zero-order chi connectivity index (χ0) is 19.0. The Kier molecular flexibility index (Phi) is 4.66. The predicted octanol–water partition coefficient (Wildman–Crippen LogP) is 1.17. The van der Waals surface area contributed by atoms with E-state index < -0.39 is 0 Å². The highest BCUT2D eigenvalue weighted by molar-refractivity contribution is 6.21. The number of nitrogens with one attached hydrogen (secondary N) is 1. The molecule has 2 aliphatic heterocycles. The van der Waals surface area contributed by atoms with E-state index in [4.69, 9.17) is 0 Å². The number of carbonyl (C=O) groups is 2. The number of benzene rings is 2. The van der Waals surface area contributed by atoms with Crippen molar-refractivity contribution >= 4 is 23.2 Å². The molecule has 27 heavy (non-hydrogen) atoms. The predicted molar refractivity (Wildman–Crippen MR) is 101 cm³/mol. The Morgan fingerprint density at radius 3 is 2.48 bits per heavy atom. The molecule has 5 nitrogen and oxygen atoms in total. The lowest BCUT2D eigenvalue weighted by Gasteiger charge is -2.35. The van der Waals surface area contributed by atoms with Gasteiger partial charge in [-0.2, -0.15) is 0 Å². The zero-order valence-corrected chi connectivity index (χ0v) is 15.3. The first-order chi connectivity index (χ1) is 13.0. The van der Waals surface area contributed by atoms with Gasteiger partial charge in [0.2, 0.25) is 5.91 Å². The van der Waals surface area contributed by atoms with Gasteiger partial charge in [-0.25, -0.2) is 9.29 Å². The summed E-state index contributed by atoms with van der Waals surface area (Å²) < 4.78 is 14.0. The molecule has 140 valence electrons. The fraction of sp³-hybridized carbons (Fsp3) is 0.333. The van der Waals surface area contributed by atoms with Gasteiger partial charge in [0, 0.05) is 0 Å². The minimum Gasteiger partial charge on any atom is -0.358 e. The summed E-state index contributed by atoms with van der Waals surface area (Å²) in [7, 11) is 0. The Morgan fingerprint density at radius 1 is 1.04 bits per heavy atom. The van der Waals surface area contributed by atoms with E-state index in [9.17, 15) is 14.0 Å². The summed E-state index contributed by atoms with van der Waals surface area (Å²) in [6.45, 7) is 4.69. The van der Waals surface area contributed by atoms with Gasteiger partial charge in [0.25, 0.3) is 5.91 Å². The number of hydrogen-bond acceptors (Lipinski definition) is 3. The van der Waals surface area contributed by atoms with Gasteiger partial charge in [0.15, 0.2) is 6.04 Å². The van der Waals surface area contributed by atoms with E-state index in [2.05, 4.69) is 0 Å². The van der Waals surface area contributed by atoms with Gasteiger partial charge < -0.3 is 9.80 Å². The molecule has 2 aromatic carbocycles. The number of amides is 2. The van der Waals surface area contributed by atoms with E-state index in [0.29, 0.717) is 37.6 Å². The standard InChI is InChI=1S/C21H22FN3O2/c1-15-5-4-6-16(13-15)25-20(26)14-19(21(25)27)24-11-9-23(10-12-24)18-8-3-2-7-17(18)22/h2-8,13,19H,9-12,14H2,1H3/p+1/t19-/m0/s1. The van der Waals surface area contributed by atoms with Crippen LogP contribution in [0.3, 0.4) is 0 Å². The lowest BCUT2D eigenvalue weighted by molar-refractivity contribution is -0.915. The molecule has 0 unspecified atom stereocenters. The van der Waals surface area contributed by atoms with Gasteiger partial charge in [0.1, 0.15) is 5.82 Å². The number of piperazine rings is 1. The third kappa shape index (κ3) is 3.32. The number of halogens is 1. The van der Waals surface area contributed by atoms with Crippen LogP contribution in [0.5, 0.6) is 0 Å². The molecule has 1 N–H and O–H groups in total. The third-order valence-electron chi connectivity index (χ3n) is 5.50. The lowest BCUT2D eigenvalue weighted by atomic mass is 10.1. The summed E-state index contributed by atoms with van der Waals surface area (Å²) in [5, 5.41) is 0. The molecule has 2 amide bonds. The van der Waals surface area contributed by atoms with Crippen molar-refractivity contribution in [3.05, 3.63) is 59.9 Å². The Hall–Kier alpha value is -2.73. The Balaban J connectivity index is 1.45. The average Bonchev–Trinajstić information content (AvgIpc) is 2.96. The van der Waals surface area contributed by atoms with Crippen LogP contribution in [0, 0.1) is 12.7 Å². The molecule has 2 saturated heterocycles. The van der Waals surface area contributed by atoms with Crippen LogP contribution in [-0.4, -0.2) is 44.0 Å². The minimum absolute atomic E-state index is 0.125. The summed E-state index contributed by atoms with van der Waals surface area (Å²) >= 11 is 0. The van der Waals surface area contributed by atoms with Crippen molar-refractivity contribution in [1.29, 1.82) is 0 Å². The quantitative estimate of drug-likeness (QED) is 0.828. The second-order valence-corrected chi connectivity index (χ2v) is 7.26. The molecule has 0 bridgehead atoms. The topological polar surface area (TPSA) is 45.1 Å². The SMILES string of the molecule is Cc1cccc(N2C(=O)C[C@H]([NH+]3CCN(c4ccccc4F)CC3)C2=O)c1. The van der Waals surface area contributed by atoms with Gasteiger partial charge in [-0.15, -0.1) is 0 Å². The molecular formula is C21H23FN3O2+. The number of carbonyl (C=O) groups excluding carboxylic acids is 2. The second-order valence-electron chi connectivity index (χ2n) is 7.26. The number of aryl methyl sites for hydroxylation is 1. The van der Waals surface area contributed by atoms with E-state index in [0.717, 1.165) is 10.5 Å². The highest BCUT2D eigenvalue weighted by atomic mass is 19.1. The first kappa shape index (κ1) is 17.7. The van der Waals surface area contributed by atoms with Crippen molar-refractivity contribution in [3.8, 4) is 0 Å². The van der Waals surface area contributed by atoms with E-state index in [1.165, 1.54) is 11.0 Å². The summed E-state index contributed by atoms with van der Waals surface area (Å²) in [5.41, 5.74) is 2.27. The van der Waals surface area contributed by atoms with Gasteiger partial charge in [-0.05, 0) is 36.8 Å². The number of nitrogens with zero attached hydrogens (tertiary/aromatic N) is 2. The molecule has 1 atom stereocenters. The first-order valence-corrected chi connectivity index (χ1v) is 9.32. The van der Waals surface area contributed by atoms with Crippen LogP contribution in [0.2, 0.25) is 0 Å². The molecule has 2 aliphatic rings. The van der Waals surface area contributed by atoms with Crippen LogP contribution in [0.25, 0.3) is 0 Å². The van der Waals surface area contributed by atoms with Crippen LogP contribution in [0.1, 0.15) is 12.0 Å². The Labute approximate surface area is 158 Å². The molecule has 2 heterocycles. The summed E-state index contributed by atoms with van der Waals surface area (Å²) in [4.78, 5) is 29.9. The van der Waals surface area contributed by atoms with E-state index >= 15 is 0 Å². The number of anilines is 2. The number of para-hydroxylation sites is 1. The molecule has 0 aliphatic carbocycles. The number of hydrogen-bond donors (Lipinski definition) is 1. The molecule has 0 saturated carbocycles. The number of imide groups is 1. The van der Waals surface area contributed by atoms with Crippen molar-refractivity contribution < 1.29 is 18.9 Å². The third-order valence-corrected chi connectivity index (χ3v) is 5.50. The monoisotopic (exact) mass is 368 g/mol. The average molecular weight is 368 g/mol. The van der Waals surface area contributed by atoms with Crippen LogP contribution < -0.4 is 14.7 Å². The summed E-state index contributed by atoms with van der Waals surface area (Å²) in [5.74, 6) is -0.488. The van der Waals surface area contributed by atoms with E-state index in [1.807, 2.05) is 36.1 Å². The van der Waals surface area contributed by atoms with E-state index in [1.54, 1.807) is 18.2 Å². The van der Waals surface area contributed by atoms with Crippen molar-refractivity contribution in [1.82, 2.24) is 0 Å². The van der Waals surface area contributed by atoms with Crippen LogP contribution >= 0.6 is 0 Å². The molecule has 0 radical (unpaired) electrons. The maximum absolute atomic E-state index is 14.0. The zero-order valence-electron chi connectivity index (χ0n) is 15.3. The van der Waals surface area contributed by atoms with Gasteiger partial charge >= 0.3 is 0 Å². The largest absolute Gasteiger partial charge is 0.358 e.